The molecule has 0 aromatic heterocycles. The molecular weight excluding hydrogens is 442 g/mol. The smallest absolute Gasteiger partial charge is 0.306 e. The highest BCUT2D eigenvalue weighted by atomic mass is 19.3. The molecule has 1 saturated carbocycles. The summed E-state index contributed by atoms with van der Waals surface area (Å²) in [5, 5.41) is 10.5. The SMILES string of the molecule is CCCCC(F)(F)[C@@]1(O)CC[C@H]2C(CC(=O)C2CC=CCCCC(=O)OCc2ccccc2)O1. The molecule has 5 nitrogen and oxygen atoms in total. The zero-order valence-corrected chi connectivity index (χ0v) is 19.9. The summed E-state index contributed by atoms with van der Waals surface area (Å²) in [5.74, 6) is -6.46. The highest BCUT2D eigenvalue weighted by molar-refractivity contribution is 5.84. The van der Waals surface area contributed by atoms with Gasteiger partial charge in [0.25, 0.3) is 0 Å². The quantitative estimate of drug-likeness (QED) is 0.235. The molecule has 1 aromatic carbocycles. The second kappa shape index (κ2) is 12.0. The molecule has 188 valence electrons. The first-order valence-electron chi connectivity index (χ1n) is 12.4. The van der Waals surface area contributed by atoms with Crippen LogP contribution < -0.4 is 0 Å². The Morgan fingerprint density at radius 2 is 2.03 bits per heavy atom. The molecule has 0 bridgehead atoms. The fraction of sp³-hybridized carbons (Fsp3) is 0.630. The van der Waals surface area contributed by atoms with Gasteiger partial charge in [0, 0.05) is 31.6 Å². The van der Waals surface area contributed by atoms with Gasteiger partial charge < -0.3 is 14.6 Å². The number of fused-ring (bicyclic) bond motifs is 1. The van der Waals surface area contributed by atoms with Gasteiger partial charge in [-0.2, -0.15) is 0 Å². The summed E-state index contributed by atoms with van der Waals surface area (Å²) in [6.45, 7) is 2.09. The number of carbonyl (C=O) groups is 2. The molecule has 1 aliphatic carbocycles. The molecule has 34 heavy (non-hydrogen) atoms. The second-order valence-corrected chi connectivity index (χ2v) is 9.47. The van der Waals surface area contributed by atoms with Crippen molar-refractivity contribution in [3.05, 3.63) is 48.0 Å². The molecule has 4 atom stereocenters. The summed E-state index contributed by atoms with van der Waals surface area (Å²) < 4.78 is 39.8. The Labute approximate surface area is 200 Å². The molecule has 1 N–H and O–H groups in total. The van der Waals surface area contributed by atoms with Gasteiger partial charge in [-0.15, -0.1) is 0 Å². The van der Waals surface area contributed by atoms with Crippen molar-refractivity contribution in [1.29, 1.82) is 0 Å². The van der Waals surface area contributed by atoms with Crippen molar-refractivity contribution < 1.29 is 33.0 Å². The Kier molecular flexibility index (Phi) is 9.37. The van der Waals surface area contributed by atoms with Gasteiger partial charge in [0.1, 0.15) is 12.4 Å². The zero-order chi connectivity index (χ0) is 24.6. The Morgan fingerprint density at radius 3 is 2.76 bits per heavy atom. The van der Waals surface area contributed by atoms with E-state index in [2.05, 4.69) is 0 Å². The lowest BCUT2D eigenvalue weighted by Gasteiger charge is -2.43. The lowest BCUT2D eigenvalue weighted by Crippen LogP contribution is -2.55. The van der Waals surface area contributed by atoms with Crippen molar-refractivity contribution >= 4 is 11.8 Å². The molecule has 1 saturated heterocycles. The van der Waals surface area contributed by atoms with E-state index in [0.717, 1.165) is 5.56 Å². The van der Waals surface area contributed by atoms with Gasteiger partial charge in [0.2, 0.25) is 5.79 Å². The van der Waals surface area contributed by atoms with E-state index in [9.17, 15) is 23.5 Å². The van der Waals surface area contributed by atoms with Crippen LogP contribution in [0.1, 0.15) is 76.7 Å². The van der Waals surface area contributed by atoms with Crippen LogP contribution in [0.2, 0.25) is 0 Å². The molecule has 1 aromatic rings. The monoisotopic (exact) mass is 478 g/mol. The van der Waals surface area contributed by atoms with Gasteiger partial charge in [-0.25, -0.2) is 8.78 Å². The summed E-state index contributed by atoms with van der Waals surface area (Å²) in [7, 11) is 0. The van der Waals surface area contributed by atoms with E-state index in [4.69, 9.17) is 9.47 Å². The minimum Gasteiger partial charge on any atom is -0.461 e. The Balaban J connectivity index is 1.39. The molecule has 0 amide bonds. The van der Waals surface area contributed by atoms with Gasteiger partial charge in [0.15, 0.2) is 0 Å². The van der Waals surface area contributed by atoms with Crippen LogP contribution in [0.4, 0.5) is 8.78 Å². The molecule has 7 heteroatoms. The number of esters is 1. The van der Waals surface area contributed by atoms with Crippen molar-refractivity contribution in [3.63, 3.8) is 0 Å². The minimum atomic E-state index is -3.32. The first kappa shape index (κ1) is 26.5. The van der Waals surface area contributed by atoms with Crippen molar-refractivity contribution in [2.24, 2.45) is 11.8 Å². The predicted molar refractivity (Wildman–Crippen MR) is 124 cm³/mol. The first-order chi connectivity index (χ1) is 16.3. The number of alkyl halides is 2. The van der Waals surface area contributed by atoms with E-state index in [0.29, 0.717) is 44.9 Å². The van der Waals surface area contributed by atoms with Crippen LogP contribution in [0.25, 0.3) is 0 Å². The Hall–Kier alpha value is -2.12. The van der Waals surface area contributed by atoms with E-state index < -0.39 is 24.2 Å². The summed E-state index contributed by atoms with van der Waals surface area (Å²) in [6.07, 6.45) is 6.16. The van der Waals surface area contributed by atoms with Crippen LogP contribution >= 0.6 is 0 Å². The van der Waals surface area contributed by atoms with Crippen molar-refractivity contribution in [3.8, 4) is 0 Å². The van der Waals surface area contributed by atoms with Crippen molar-refractivity contribution in [2.45, 2.75) is 95.6 Å². The summed E-state index contributed by atoms with van der Waals surface area (Å²) >= 11 is 0. The molecule has 2 unspecified atom stereocenters. The fourth-order valence-electron chi connectivity index (χ4n) is 4.89. The molecule has 0 radical (unpaired) electrons. The van der Waals surface area contributed by atoms with Gasteiger partial charge >= 0.3 is 11.9 Å². The highest BCUT2D eigenvalue weighted by Crippen LogP contribution is 2.49. The number of Topliss-reactive ketones (excluding diaryl/α,β-unsaturated/α-hetero) is 1. The second-order valence-electron chi connectivity index (χ2n) is 9.47. The lowest BCUT2D eigenvalue weighted by atomic mass is 9.82. The third kappa shape index (κ3) is 6.72. The molecule has 2 fully saturated rings. The number of hydrogen-bond donors (Lipinski definition) is 1. The number of hydrogen-bond acceptors (Lipinski definition) is 5. The average Bonchev–Trinajstić information content (AvgIpc) is 3.12. The number of benzene rings is 1. The van der Waals surface area contributed by atoms with Crippen LogP contribution in [0.3, 0.4) is 0 Å². The number of aliphatic hydroxyl groups is 1. The van der Waals surface area contributed by atoms with Gasteiger partial charge in [-0.05, 0) is 43.6 Å². The molecular formula is C27H36F2O5. The normalized spacial score (nSPS) is 27.2. The standard InChI is InChI=1S/C27H36F2O5/c1-2-3-16-26(28,29)27(32)17-15-22-21(23(30)18-24(22)34-27)13-9-4-5-10-14-25(31)33-19-20-11-7-6-8-12-20/h4,6-9,11-12,21-22,24,32H,2-3,5,10,13-19H2,1H3/t21?,22-,24?,27-/m1/s1. The van der Waals surface area contributed by atoms with E-state index in [-0.39, 0.29) is 43.0 Å². The highest BCUT2D eigenvalue weighted by Gasteiger charge is 2.59. The van der Waals surface area contributed by atoms with E-state index in [1.807, 2.05) is 49.4 Å². The number of carbonyl (C=O) groups excluding carboxylic acids is 2. The van der Waals surface area contributed by atoms with Crippen LogP contribution in [-0.4, -0.2) is 34.7 Å². The van der Waals surface area contributed by atoms with Crippen molar-refractivity contribution in [1.82, 2.24) is 0 Å². The zero-order valence-electron chi connectivity index (χ0n) is 19.9. The third-order valence-corrected chi connectivity index (χ3v) is 6.94. The molecule has 0 spiro atoms. The molecule has 3 rings (SSSR count). The minimum absolute atomic E-state index is 0.00487. The summed E-state index contributed by atoms with van der Waals surface area (Å²) in [5.41, 5.74) is 0.949. The Bertz CT molecular complexity index is 841. The fourth-order valence-corrected chi connectivity index (χ4v) is 4.89. The number of ether oxygens (including phenoxy) is 2. The lowest BCUT2D eigenvalue weighted by molar-refractivity contribution is -0.356. The Morgan fingerprint density at radius 1 is 1.26 bits per heavy atom. The van der Waals surface area contributed by atoms with Gasteiger partial charge in [-0.1, -0.05) is 55.8 Å². The van der Waals surface area contributed by atoms with Crippen LogP contribution in [0.5, 0.6) is 0 Å². The van der Waals surface area contributed by atoms with Crippen LogP contribution in [0.15, 0.2) is 42.5 Å². The van der Waals surface area contributed by atoms with Gasteiger partial charge in [0.05, 0.1) is 6.10 Å². The molecule has 1 heterocycles. The van der Waals surface area contributed by atoms with E-state index >= 15 is 0 Å². The van der Waals surface area contributed by atoms with Gasteiger partial charge in [-0.3, -0.25) is 9.59 Å². The number of unbranched alkanes of at least 4 members (excludes halogenated alkanes) is 2. The first-order valence-corrected chi connectivity index (χ1v) is 12.4. The van der Waals surface area contributed by atoms with Crippen molar-refractivity contribution in [2.75, 3.05) is 0 Å². The molecule has 2 aliphatic rings. The number of rotatable bonds is 12. The van der Waals surface area contributed by atoms with Crippen LogP contribution in [0, 0.1) is 11.8 Å². The number of halogens is 2. The largest absolute Gasteiger partial charge is 0.461 e. The third-order valence-electron chi connectivity index (χ3n) is 6.94. The van der Waals surface area contributed by atoms with Crippen LogP contribution in [-0.2, 0) is 25.7 Å². The molecule has 1 aliphatic heterocycles. The maximum absolute atomic E-state index is 14.5. The number of allylic oxidation sites excluding steroid dienone is 2. The average molecular weight is 479 g/mol. The summed E-state index contributed by atoms with van der Waals surface area (Å²) in [4.78, 5) is 24.4. The predicted octanol–water partition coefficient (Wildman–Crippen LogP) is 5.74. The summed E-state index contributed by atoms with van der Waals surface area (Å²) in [6, 6.07) is 9.51. The maximum Gasteiger partial charge on any atom is 0.306 e. The maximum atomic E-state index is 14.5. The topological polar surface area (TPSA) is 72.8 Å². The van der Waals surface area contributed by atoms with E-state index in [1.165, 1.54) is 0 Å². The van der Waals surface area contributed by atoms with E-state index in [1.54, 1.807) is 0 Å². The number of ketones is 1.